The predicted molar refractivity (Wildman–Crippen MR) is 117 cm³/mol. The zero-order chi connectivity index (χ0) is 22.0. The first-order valence-corrected chi connectivity index (χ1v) is 12.9. The first kappa shape index (κ1) is 28.3. The molecule has 0 spiro atoms. The first-order chi connectivity index (χ1) is 13.9. The van der Waals surface area contributed by atoms with Crippen LogP contribution in [0.2, 0.25) is 0 Å². The Bertz CT molecular complexity index is 486. The molecule has 0 aliphatic heterocycles. The Morgan fingerprint density at radius 2 is 1.24 bits per heavy atom. The third kappa shape index (κ3) is 15.8. The summed E-state index contributed by atoms with van der Waals surface area (Å²) in [7, 11) is -4.36. The summed E-state index contributed by atoms with van der Waals surface area (Å²) in [5.41, 5.74) is 1.54. The van der Waals surface area contributed by atoms with Crippen LogP contribution in [-0.4, -0.2) is 17.5 Å². The van der Waals surface area contributed by atoms with Crippen LogP contribution in [0.1, 0.15) is 118 Å². The van der Waals surface area contributed by atoms with E-state index in [-0.39, 0.29) is 6.61 Å². The highest BCUT2D eigenvalue weighted by Gasteiger charge is 2.25. The minimum absolute atomic E-state index is 0.0124. The number of hydrogen-bond donors (Lipinski definition) is 1. The average molecular weight is 435 g/mol. The fourth-order valence-electron chi connectivity index (χ4n) is 3.21. The number of phosphoric acid groups is 1. The van der Waals surface area contributed by atoms with Crippen molar-refractivity contribution in [1.29, 1.82) is 0 Å². The van der Waals surface area contributed by atoms with Crippen molar-refractivity contribution in [1.82, 2.24) is 0 Å². The van der Waals surface area contributed by atoms with Gasteiger partial charge in [0.2, 0.25) is 0 Å². The lowest BCUT2D eigenvalue weighted by atomic mass is 9.96. The summed E-state index contributed by atoms with van der Waals surface area (Å²) >= 11 is 0. The molecule has 172 valence electrons. The van der Waals surface area contributed by atoms with Crippen LogP contribution in [0.4, 0.5) is 0 Å². The van der Waals surface area contributed by atoms with Crippen molar-refractivity contribution in [2.24, 2.45) is 0 Å². The normalized spacial score (nSPS) is 13.1. The van der Waals surface area contributed by atoms with E-state index in [0.717, 1.165) is 44.1 Å². The molecule has 1 atom stereocenters. The van der Waals surface area contributed by atoms with E-state index in [1.807, 2.05) is 0 Å². The molecule has 7 heteroatoms. The summed E-state index contributed by atoms with van der Waals surface area (Å²) in [6.45, 7) is 7.66. The van der Waals surface area contributed by atoms with Gasteiger partial charge in [-0.2, -0.15) is 0 Å². The molecule has 1 N–H and O–H groups in total. The molecule has 0 amide bonds. The van der Waals surface area contributed by atoms with E-state index >= 15 is 0 Å². The SMILES string of the molecule is CCCCCCCCC(CCCCCCCC)=C(C)C(=O)OOP(=O)(O)OCC. The molecule has 0 fully saturated rings. The Labute approximate surface area is 177 Å². The molecule has 0 aromatic rings. The van der Waals surface area contributed by atoms with Crippen LogP contribution < -0.4 is 0 Å². The van der Waals surface area contributed by atoms with Gasteiger partial charge in [-0.15, -0.1) is 0 Å². The lowest BCUT2D eigenvalue weighted by Crippen LogP contribution is -2.09. The molecule has 0 rings (SSSR count). The maximum Gasteiger partial charge on any atom is 0.508 e. The molecule has 0 aliphatic carbocycles. The summed E-state index contributed by atoms with van der Waals surface area (Å²) in [4.78, 5) is 26.3. The van der Waals surface area contributed by atoms with Gasteiger partial charge in [0.05, 0.1) is 6.61 Å². The second-order valence-corrected chi connectivity index (χ2v) is 8.94. The molecule has 0 aliphatic rings. The maximum atomic E-state index is 12.3. The van der Waals surface area contributed by atoms with Gasteiger partial charge in [0.25, 0.3) is 0 Å². The molecule has 0 bridgehead atoms. The van der Waals surface area contributed by atoms with Crippen molar-refractivity contribution in [2.75, 3.05) is 6.61 Å². The minimum Gasteiger partial charge on any atom is -0.300 e. The zero-order valence-corrected chi connectivity index (χ0v) is 19.9. The highest BCUT2D eigenvalue weighted by atomic mass is 31.2. The molecule has 0 saturated heterocycles. The number of rotatable bonds is 19. The zero-order valence-electron chi connectivity index (χ0n) is 19.0. The van der Waals surface area contributed by atoms with Crippen LogP contribution in [0.15, 0.2) is 11.1 Å². The number of hydrogen-bond acceptors (Lipinski definition) is 5. The van der Waals surface area contributed by atoms with Crippen LogP contribution in [0.25, 0.3) is 0 Å². The number of unbranched alkanes of at least 4 members (excludes halogenated alkanes) is 10. The number of carbonyl (C=O) groups is 1. The lowest BCUT2D eigenvalue weighted by molar-refractivity contribution is -0.218. The number of phosphoric ester groups is 1. The Morgan fingerprint density at radius 3 is 1.69 bits per heavy atom. The van der Waals surface area contributed by atoms with Gasteiger partial charge in [-0.25, -0.2) is 9.36 Å². The Hall–Kier alpha value is -0.680. The molecule has 29 heavy (non-hydrogen) atoms. The van der Waals surface area contributed by atoms with E-state index in [9.17, 15) is 14.3 Å². The van der Waals surface area contributed by atoms with Crippen molar-refractivity contribution in [2.45, 2.75) is 118 Å². The van der Waals surface area contributed by atoms with E-state index in [2.05, 4.69) is 27.9 Å². The topological polar surface area (TPSA) is 82.1 Å². The highest BCUT2D eigenvalue weighted by Crippen LogP contribution is 2.43. The molecule has 6 nitrogen and oxygen atoms in total. The highest BCUT2D eigenvalue weighted by molar-refractivity contribution is 7.47. The predicted octanol–water partition coefficient (Wildman–Crippen LogP) is 7.42. The van der Waals surface area contributed by atoms with Gasteiger partial charge in [0, 0.05) is 5.57 Å². The monoisotopic (exact) mass is 434 g/mol. The van der Waals surface area contributed by atoms with Crippen LogP contribution in [0.5, 0.6) is 0 Å². The minimum atomic E-state index is -4.36. The molecule has 0 radical (unpaired) electrons. The van der Waals surface area contributed by atoms with E-state index in [1.165, 1.54) is 51.4 Å². The summed E-state index contributed by atoms with van der Waals surface area (Å²) in [6.07, 6.45) is 16.0. The standard InChI is InChI=1S/C22H43O6P/c1-5-8-10-12-14-16-18-21(19-17-15-13-11-9-6-2)20(4)22(23)27-28-29(24,25)26-7-3/h5-19H2,1-4H3,(H,24,25). The van der Waals surface area contributed by atoms with Gasteiger partial charge in [-0.3, -0.25) is 9.41 Å². The lowest BCUT2D eigenvalue weighted by Gasteiger charge is -2.13. The Morgan fingerprint density at radius 1 is 0.793 bits per heavy atom. The second kappa shape index (κ2) is 18.1. The van der Waals surface area contributed by atoms with Gasteiger partial charge >= 0.3 is 13.8 Å². The van der Waals surface area contributed by atoms with Crippen LogP contribution in [0, 0.1) is 0 Å². The fraction of sp³-hybridized carbons (Fsp3) is 0.864. The van der Waals surface area contributed by atoms with Crippen molar-refractivity contribution >= 4 is 13.8 Å². The third-order valence-electron chi connectivity index (χ3n) is 5.00. The summed E-state index contributed by atoms with van der Waals surface area (Å²) in [6, 6.07) is 0. The fourth-order valence-corrected chi connectivity index (χ4v) is 3.74. The maximum absolute atomic E-state index is 12.3. The first-order valence-electron chi connectivity index (χ1n) is 11.4. The van der Waals surface area contributed by atoms with Crippen molar-refractivity contribution < 1.29 is 28.3 Å². The number of carbonyl (C=O) groups excluding carboxylic acids is 1. The molecule has 0 heterocycles. The Balaban J connectivity index is 4.69. The van der Waals surface area contributed by atoms with E-state index < -0.39 is 13.8 Å². The van der Waals surface area contributed by atoms with Crippen LogP contribution in [-0.2, 0) is 23.4 Å². The summed E-state index contributed by atoms with van der Waals surface area (Å²) in [5, 5.41) is 0. The largest absolute Gasteiger partial charge is 0.508 e. The van der Waals surface area contributed by atoms with Crippen molar-refractivity contribution in [3.63, 3.8) is 0 Å². The van der Waals surface area contributed by atoms with E-state index in [1.54, 1.807) is 13.8 Å². The second-order valence-electron chi connectivity index (χ2n) is 7.60. The Kier molecular flexibility index (Phi) is 17.7. The van der Waals surface area contributed by atoms with Crippen LogP contribution in [0.3, 0.4) is 0 Å². The molecular weight excluding hydrogens is 391 g/mol. The van der Waals surface area contributed by atoms with E-state index in [0.29, 0.717) is 5.57 Å². The molecule has 0 aromatic heterocycles. The van der Waals surface area contributed by atoms with Gasteiger partial charge in [0.1, 0.15) is 0 Å². The van der Waals surface area contributed by atoms with Gasteiger partial charge < -0.3 is 4.89 Å². The molecule has 1 unspecified atom stereocenters. The third-order valence-corrected chi connectivity index (χ3v) is 5.85. The van der Waals surface area contributed by atoms with E-state index in [4.69, 9.17) is 0 Å². The molecular formula is C22H43O6P. The smallest absolute Gasteiger partial charge is 0.300 e. The quantitative estimate of drug-likeness (QED) is 0.0749. The van der Waals surface area contributed by atoms with Crippen molar-refractivity contribution in [3.8, 4) is 0 Å². The molecule has 0 saturated carbocycles. The number of allylic oxidation sites excluding steroid dienone is 1. The summed E-state index contributed by atoms with van der Waals surface area (Å²) < 4.78 is 20.4. The van der Waals surface area contributed by atoms with Gasteiger partial charge in [0.15, 0.2) is 0 Å². The van der Waals surface area contributed by atoms with Crippen molar-refractivity contribution in [3.05, 3.63) is 11.1 Å². The van der Waals surface area contributed by atoms with Gasteiger partial charge in [-0.05, 0) is 39.5 Å². The van der Waals surface area contributed by atoms with Gasteiger partial charge in [-0.1, -0.05) is 88.3 Å². The summed E-state index contributed by atoms with van der Waals surface area (Å²) in [5.74, 6) is -0.717. The average Bonchev–Trinajstić information content (AvgIpc) is 2.69. The molecule has 0 aromatic carbocycles. The van der Waals surface area contributed by atoms with Crippen LogP contribution >= 0.6 is 7.82 Å².